The highest BCUT2D eigenvalue weighted by Crippen LogP contribution is 2.29. The molecule has 3 nitrogen and oxygen atoms in total. The van der Waals surface area contributed by atoms with Crippen LogP contribution in [0.15, 0.2) is 29.0 Å². The summed E-state index contributed by atoms with van der Waals surface area (Å²) < 4.78 is 0. The Kier molecular flexibility index (Phi) is 7.27. The van der Waals surface area contributed by atoms with Gasteiger partial charge in [-0.15, -0.1) is 11.3 Å². The SMILES string of the molecule is CCCC(CCC)C(=O)NCc1ccc(C(O)c2ccsc2)s1. The first-order chi connectivity index (χ1) is 11.2. The van der Waals surface area contributed by atoms with E-state index < -0.39 is 6.10 Å². The Morgan fingerprint density at radius 3 is 2.57 bits per heavy atom. The van der Waals surface area contributed by atoms with Crippen LogP contribution in [0.25, 0.3) is 0 Å². The lowest BCUT2D eigenvalue weighted by Crippen LogP contribution is -2.30. The molecule has 2 N–H and O–H groups in total. The molecule has 1 atom stereocenters. The number of rotatable bonds is 9. The van der Waals surface area contributed by atoms with Gasteiger partial charge in [-0.3, -0.25) is 4.79 Å². The van der Waals surface area contributed by atoms with E-state index in [1.54, 1.807) is 22.7 Å². The van der Waals surface area contributed by atoms with Crippen LogP contribution >= 0.6 is 22.7 Å². The van der Waals surface area contributed by atoms with Gasteiger partial charge in [-0.05, 0) is 47.4 Å². The molecule has 0 aliphatic carbocycles. The predicted molar refractivity (Wildman–Crippen MR) is 97.9 cm³/mol. The van der Waals surface area contributed by atoms with Gasteiger partial charge in [0.05, 0.1) is 6.54 Å². The van der Waals surface area contributed by atoms with Gasteiger partial charge in [0.2, 0.25) is 5.91 Å². The second-order valence-corrected chi connectivity index (χ2v) is 7.74. The fourth-order valence-corrected chi connectivity index (χ4v) is 4.30. The van der Waals surface area contributed by atoms with E-state index in [1.165, 1.54) is 0 Å². The number of aliphatic hydroxyl groups excluding tert-OH is 1. The standard InChI is InChI=1S/C18H25NO2S2/c1-3-5-13(6-4-2)18(21)19-11-15-7-8-16(23-15)17(20)14-9-10-22-12-14/h7-10,12-13,17,20H,3-6,11H2,1-2H3,(H,19,21). The van der Waals surface area contributed by atoms with Crippen molar-refractivity contribution in [2.24, 2.45) is 5.92 Å². The van der Waals surface area contributed by atoms with Crippen molar-refractivity contribution >= 4 is 28.6 Å². The molecule has 2 rings (SSSR count). The van der Waals surface area contributed by atoms with Crippen molar-refractivity contribution in [3.8, 4) is 0 Å². The molecule has 2 aromatic heterocycles. The van der Waals surface area contributed by atoms with Crippen LogP contribution in [-0.4, -0.2) is 11.0 Å². The Bertz CT molecular complexity index is 586. The molecule has 0 spiro atoms. The average Bonchev–Trinajstić information content (AvgIpc) is 3.23. The average molecular weight is 352 g/mol. The van der Waals surface area contributed by atoms with Gasteiger partial charge in [0.25, 0.3) is 0 Å². The van der Waals surface area contributed by atoms with Gasteiger partial charge in [-0.1, -0.05) is 26.7 Å². The Morgan fingerprint density at radius 2 is 1.96 bits per heavy atom. The van der Waals surface area contributed by atoms with Crippen LogP contribution in [-0.2, 0) is 11.3 Å². The van der Waals surface area contributed by atoms with Crippen molar-refractivity contribution in [3.63, 3.8) is 0 Å². The summed E-state index contributed by atoms with van der Waals surface area (Å²) in [6, 6.07) is 5.88. The van der Waals surface area contributed by atoms with E-state index in [-0.39, 0.29) is 11.8 Å². The minimum atomic E-state index is -0.566. The highest BCUT2D eigenvalue weighted by Gasteiger charge is 2.17. The molecule has 126 valence electrons. The molecule has 0 aliphatic heterocycles. The highest BCUT2D eigenvalue weighted by molar-refractivity contribution is 7.12. The number of nitrogens with one attached hydrogen (secondary N) is 1. The minimum Gasteiger partial charge on any atom is -0.383 e. The smallest absolute Gasteiger partial charge is 0.223 e. The topological polar surface area (TPSA) is 49.3 Å². The van der Waals surface area contributed by atoms with Crippen LogP contribution in [0.1, 0.15) is 61.0 Å². The highest BCUT2D eigenvalue weighted by atomic mass is 32.1. The molecule has 1 unspecified atom stereocenters. The third kappa shape index (κ3) is 5.16. The number of carbonyl (C=O) groups is 1. The van der Waals surface area contributed by atoms with Crippen LogP contribution in [0.2, 0.25) is 0 Å². The molecule has 1 amide bonds. The van der Waals surface area contributed by atoms with Gasteiger partial charge in [-0.2, -0.15) is 11.3 Å². The van der Waals surface area contributed by atoms with Gasteiger partial charge >= 0.3 is 0 Å². The zero-order chi connectivity index (χ0) is 16.7. The van der Waals surface area contributed by atoms with Gasteiger partial charge in [-0.25, -0.2) is 0 Å². The first-order valence-electron chi connectivity index (χ1n) is 8.22. The third-order valence-electron chi connectivity index (χ3n) is 3.89. The molecule has 0 saturated carbocycles. The summed E-state index contributed by atoms with van der Waals surface area (Å²) in [6.07, 6.45) is 3.41. The molecular weight excluding hydrogens is 326 g/mol. The summed E-state index contributed by atoms with van der Waals surface area (Å²) in [5.41, 5.74) is 0.929. The molecule has 0 bridgehead atoms. The monoisotopic (exact) mass is 351 g/mol. The van der Waals surface area contributed by atoms with E-state index in [0.717, 1.165) is 41.0 Å². The van der Waals surface area contributed by atoms with Gasteiger partial charge in [0, 0.05) is 15.7 Å². The van der Waals surface area contributed by atoms with Crippen LogP contribution in [0, 0.1) is 5.92 Å². The Hall–Kier alpha value is -1.17. The van der Waals surface area contributed by atoms with Crippen LogP contribution in [0.3, 0.4) is 0 Å². The molecule has 5 heteroatoms. The molecule has 0 aromatic carbocycles. The summed E-state index contributed by atoms with van der Waals surface area (Å²) >= 11 is 3.14. The van der Waals surface area contributed by atoms with E-state index in [9.17, 15) is 9.90 Å². The summed E-state index contributed by atoms with van der Waals surface area (Å²) in [7, 11) is 0. The summed E-state index contributed by atoms with van der Waals surface area (Å²) in [6.45, 7) is 4.78. The fourth-order valence-electron chi connectivity index (χ4n) is 2.65. The fraction of sp³-hybridized carbons (Fsp3) is 0.500. The number of aliphatic hydroxyl groups is 1. The maximum Gasteiger partial charge on any atom is 0.223 e. The van der Waals surface area contributed by atoms with Crippen LogP contribution in [0.5, 0.6) is 0 Å². The zero-order valence-corrected chi connectivity index (χ0v) is 15.4. The molecule has 2 aromatic rings. The molecule has 2 heterocycles. The lowest BCUT2D eigenvalue weighted by molar-refractivity contribution is -0.125. The van der Waals surface area contributed by atoms with Gasteiger partial charge < -0.3 is 10.4 Å². The van der Waals surface area contributed by atoms with Crippen molar-refractivity contribution in [1.82, 2.24) is 5.32 Å². The molecule has 0 radical (unpaired) electrons. The largest absolute Gasteiger partial charge is 0.383 e. The van der Waals surface area contributed by atoms with Crippen LogP contribution < -0.4 is 5.32 Å². The van der Waals surface area contributed by atoms with Crippen molar-refractivity contribution < 1.29 is 9.90 Å². The van der Waals surface area contributed by atoms with E-state index in [4.69, 9.17) is 0 Å². The molecule has 23 heavy (non-hydrogen) atoms. The van der Waals surface area contributed by atoms with Gasteiger partial charge in [0.15, 0.2) is 0 Å². The first-order valence-corrected chi connectivity index (χ1v) is 9.98. The Balaban J connectivity index is 1.90. The number of hydrogen-bond acceptors (Lipinski definition) is 4. The molecular formula is C18H25NO2S2. The second kappa shape index (κ2) is 9.21. The number of carbonyl (C=O) groups excluding carboxylic acids is 1. The third-order valence-corrected chi connectivity index (χ3v) is 5.73. The molecule has 0 aliphatic rings. The second-order valence-electron chi connectivity index (χ2n) is 5.76. The van der Waals surface area contributed by atoms with Crippen molar-refractivity contribution in [2.75, 3.05) is 0 Å². The van der Waals surface area contributed by atoms with E-state index >= 15 is 0 Å². The first kappa shape index (κ1) is 18.2. The summed E-state index contributed by atoms with van der Waals surface area (Å²) in [5, 5.41) is 17.3. The Labute approximate surface area is 146 Å². The van der Waals surface area contributed by atoms with Crippen molar-refractivity contribution in [1.29, 1.82) is 0 Å². The quantitative estimate of drug-likeness (QED) is 0.686. The number of thiophene rings is 2. The van der Waals surface area contributed by atoms with Crippen LogP contribution in [0.4, 0.5) is 0 Å². The number of hydrogen-bond donors (Lipinski definition) is 2. The lowest BCUT2D eigenvalue weighted by Gasteiger charge is -2.14. The number of amides is 1. The zero-order valence-electron chi connectivity index (χ0n) is 13.7. The maximum absolute atomic E-state index is 12.3. The van der Waals surface area contributed by atoms with Crippen molar-refractivity contribution in [3.05, 3.63) is 44.3 Å². The summed E-state index contributed by atoms with van der Waals surface area (Å²) in [4.78, 5) is 14.3. The van der Waals surface area contributed by atoms with E-state index in [1.807, 2.05) is 29.0 Å². The predicted octanol–water partition coefficient (Wildman–Crippen LogP) is 4.72. The van der Waals surface area contributed by atoms with Crippen molar-refractivity contribution in [2.45, 2.75) is 52.2 Å². The van der Waals surface area contributed by atoms with E-state index in [2.05, 4.69) is 19.2 Å². The molecule has 0 fully saturated rings. The Morgan fingerprint density at radius 1 is 1.22 bits per heavy atom. The maximum atomic E-state index is 12.3. The minimum absolute atomic E-state index is 0.126. The van der Waals surface area contributed by atoms with Gasteiger partial charge in [0.1, 0.15) is 6.10 Å². The normalized spacial score (nSPS) is 12.5. The van der Waals surface area contributed by atoms with E-state index in [0.29, 0.717) is 6.54 Å². The molecule has 0 saturated heterocycles. The summed E-state index contributed by atoms with van der Waals surface area (Å²) in [5.74, 6) is 0.280. The lowest BCUT2D eigenvalue weighted by atomic mass is 9.97.